The summed E-state index contributed by atoms with van der Waals surface area (Å²) in [6, 6.07) is 9.59. The van der Waals surface area contributed by atoms with Gasteiger partial charge in [0, 0.05) is 11.8 Å². The summed E-state index contributed by atoms with van der Waals surface area (Å²) >= 11 is 0. The Bertz CT molecular complexity index is 498. The number of nitrogens with zero attached hydrogens (tertiary/aromatic N) is 1. The molecule has 0 aliphatic heterocycles. The Morgan fingerprint density at radius 2 is 1.86 bits per heavy atom. The molecule has 2 N–H and O–H groups in total. The van der Waals surface area contributed by atoms with E-state index in [1.54, 1.807) is 6.92 Å². The van der Waals surface area contributed by atoms with Crippen molar-refractivity contribution in [3.8, 4) is 0 Å². The summed E-state index contributed by atoms with van der Waals surface area (Å²) in [5.74, 6) is -0.272. The van der Waals surface area contributed by atoms with Crippen molar-refractivity contribution in [3.63, 3.8) is 0 Å². The predicted octanol–water partition coefficient (Wildman–Crippen LogP) is 2.03. The van der Waals surface area contributed by atoms with Gasteiger partial charge in [0.15, 0.2) is 0 Å². The van der Waals surface area contributed by atoms with E-state index in [4.69, 9.17) is 0 Å². The van der Waals surface area contributed by atoms with E-state index >= 15 is 0 Å². The lowest BCUT2D eigenvalue weighted by Crippen LogP contribution is -2.33. The minimum Gasteiger partial charge on any atom is -0.353 e. The highest BCUT2D eigenvalue weighted by Crippen LogP contribution is 1.99. The number of hydrazone groups is 1. The second kappa shape index (κ2) is 8.89. The number of carbonyl (C=O) groups excluding carboxylic acids is 2. The van der Waals surface area contributed by atoms with Crippen LogP contribution in [0.25, 0.3) is 0 Å². The second-order valence-corrected chi connectivity index (χ2v) is 5.10. The Balaban J connectivity index is 2.37. The van der Waals surface area contributed by atoms with E-state index in [0.29, 0.717) is 5.71 Å². The van der Waals surface area contributed by atoms with Gasteiger partial charge in [0.2, 0.25) is 11.8 Å². The fraction of sp³-hybridized carbons (Fsp3) is 0.438. The molecule has 1 aromatic carbocycles. The molecule has 0 radical (unpaired) electrons. The van der Waals surface area contributed by atoms with E-state index in [1.807, 2.05) is 44.2 Å². The number of nitrogens with one attached hydrogen (secondary N) is 2. The van der Waals surface area contributed by atoms with Crippen molar-refractivity contribution >= 4 is 17.5 Å². The standard InChI is InChI=1S/C16H23N3O2/c1-4-12(2)17-15(20)10-13(3)18-19-16(21)11-14-8-6-5-7-9-14/h5-9,12H,4,10-11H2,1-3H3,(H,17,20)(H,19,21)/b18-13-. The maximum absolute atomic E-state index is 11.7. The predicted molar refractivity (Wildman–Crippen MR) is 83.9 cm³/mol. The molecule has 0 fully saturated rings. The monoisotopic (exact) mass is 289 g/mol. The summed E-state index contributed by atoms with van der Waals surface area (Å²) in [7, 11) is 0. The highest BCUT2D eigenvalue weighted by Gasteiger charge is 2.07. The van der Waals surface area contributed by atoms with Gasteiger partial charge in [-0.2, -0.15) is 5.10 Å². The maximum atomic E-state index is 11.7. The summed E-state index contributed by atoms with van der Waals surface area (Å²) in [4.78, 5) is 23.4. The minimum absolute atomic E-state index is 0.0806. The van der Waals surface area contributed by atoms with E-state index in [-0.39, 0.29) is 30.7 Å². The van der Waals surface area contributed by atoms with Gasteiger partial charge in [-0.1, -0.05) is 37.3 Å². The fourth-order valence-corrected chi connectivity index (χ4v) is 1.68. The molecule has 5 heteroatoms. The molecule has 21 heavy (non-hydrogen) atoms. The Hall–Kier alpha value is -2.17. The van der Waals surface area contributed by atoms with Gasteiger partial charge in [0.05, 0.1) is 12.8 Å². The summed E-state index contributed by atoms with van der Waals surface area (Å²) in [5.41, 5.74) is 3.98. The Labute approximate surface area is 125 Å². The van der Waals surface area contributed by atoms with Crippen LogP contribution < -0.4 is 10.7 Å². The average molecular weight is 289 g/mol. The van der Waals surface area contributed by atoms with Gasteiger partial charge in [0.1, 0.15) is 0 Å². The third-order valence-corrected chi connectivity index (χ3v) is 3.02. The van der Waals surface area contributed by atoms with Gasteiger partial charge in [-0.15, -0.1) is 0 Å². The van der Waals surface area contributed by atoms with Gasteiger partial charge in [-0.3, -0.25) is 9.59 Å². The van der Waals surface area contributed by atoms with Crippen LogP contribution in [0.3, 0.4) is 0 Å². The first-order chi connectivity index (χ1) is 10.0. The molecular formula is C16H23N3O2. The third kappa shape index (κ3) is 7.25. The highest BCUT2D eigenvalue weighted by atomic mass is 16.2. The highest BCUT2D eigenvalue weighted by molar-refractivity contribution is 6.00. The van der Waals surface area contributed by atoms with Crippen molar-refractivity contribution in [3.05, 3.63) is 35.9 Å². The molecule has 0 saturated carbocycles. The molecule has 0 bridgehead atoms. The maximum Gasteiger partial charge on any atom is 0.244 e. The molecule has 1 aromatic rings. The third-order valence-electron chi connectivity index (χ3n) is 3.02. The van der Waals surface area contributed by atoms with Crippen molar-refractivity contribution in [2.24, 2.45) is 5.10 Å². The lowest BCUT2D eigenvalue weighted by Gasteiger charge is -2.10. The molecule has 5 nitrogen and oxygen atoms in total. The van der Waals surface area contributed by atoms with Gasteiger partial charge in [-0.05, 0) is 25.8 Å². The lowest BCUT2D eigenvalue weighted by molar-refractivity contribution is -0.121. The van der Waals surface area contributed by atoms with E-state index in [9.17, 15) is 9.59 Å². The van der Waals surface area contributed by atoms with Crippen LogP contribution in [-0.2, 0) is 16.0 Å². The molecule has 2 amide bonds. The molecule has 0 spiro atoms. The van der Waals surface area contributed by atoms with Crippen molar-refractivity contribution in [1.82, 2.24) is 10.7 Å². The van der Waals surface area contributed by atoms with E-state index in [2.05, 4.69) is 15.8 Å². The van der Waals surface area contributed by atoms with Gasteiger partial charge in [-0.25, -0.2) is 5.43 Å². The van der Waals surface area contributed by atoms with Crippen molar-refractivity contribution in [2.45, 2.75) is 46.1 Å². The molecule has 0 aromatic heterocycles. The van der Waals surface area contributed by atoms with Crippen LogP contribution in [-0.4, -0.2) is 23.6 Å². The number of hydrogen-bond donors (Lipinski definition) is 2. The van der Waals surface area contributed by atoms with Gasteiger partial charge >= 0.3 is 0 Å². The van der Waals surface area contributed by atoms with E-state index < -0.39 is 0 Å². The Morgan fingerprint density at radius 3 is 2.48 bits per heavy atom. The molecule has 1 unspecified atom stereocenters. The van der Waals surface area contributed by atoms with Crippen LogP contribution in [0.15, 0.2) is 35.4 Å². The largest absolute Gasteiger partial charge is 0.353 e. The molecule has 1 atom stereocenters. The average Bonchev–Trinajstić information content (AvgIpc) is 2.46. The number of hydrogen-bond acceptors (Lipinski definition) is 3. The van der Waals surface area contributed by atoms with Crippen LogP contribution in [0.5, 0.6) is 0 Å². The van der Waals surface area contributed by atoms with Gasteiger partial charge in [0.25, 0.3) is 0 Å². The zero-order valence-electron chi connectivity index (χ0n) is 12.8. The quantitative estimate of drug-likeness (QED) is 0.595. The summed E-state index contributed by atoms with van der Waals surface area (Å²) < 4.78 is 0. The summed E-state index contributed by atoms with van der Waals surface area (Å²) in [6.07, 6.45) is 1.35. The lowest BCUT2D eigenvalue weighted by atomic mass is 10.1. The summed E-state index contributed by atoms with van der Waals surface area (Å²) in [6.45, 7) is 5.68. The minimum atomic E-state index is -0.192. The number of carbonyl (C=O) groups is 2. The van der Waals surface area contributed by atoms with E-state index in [0.717, 1.165) is 12.0 Å². The fourth-order valence-electron chi connectivity index (χ4n) is 1.68. The Morgan fingerprint density at radius 1 is 1.19 bits per heavy atom. The first-order valence-corrected chi connectivity index (χ1v) is 7.16. The molecule has 1 rings (SSSR count). The zero-order chi connectivity index (χ0) is 15.7. The molecule has 0 heterocycles. The van der Waals surface area contributed by atoms with Crippen LogP contribution >= 0.6 is 0 Å². The molecule has 0 aliphatic carbocycles. The van der Waals surface area contributed by atoms with Crippen molar-refractivity contribution in [1.29, 1.82) is 0 Å². The second-order valence-electron chi connectivity index (χ2n) is 5.10. The first-order valence-electron chi connectivity index (χ1n) is 7.16. The number of amides is 2. The van der Waals surface area contributed by atoms with Crippen LogP contribution in [0, 0.1) is 0 Å². The molecular weight excluding hydrogens is 266 g/mol. The van der Waals surface area contributed by atoms with Crippen molar-refractivity contribution in [2.75, 3.05) is 0 Å². The SMILES string of the molecule is CCC(C)NC(=O)C/C(C)=N\NC(=O)Cc1ccccc1. The molecule has 114 valence electrons. The van der Waals surface area contributed by atoms with Crippen LogP contribution in [0.2, 0.25) is 0 Å². The van der Waals surface area contributed by atoms with Gasteiger partial charge < -0.3 is 5.32 Å². The number of benzene rings is 1. The van der Waals surface area contributed by atoms with Crippen LogP contribution in [0.4, 0.5) is 0 Å². The normalized spacial score (nSPS) is 12.6. The topological polar surface area (TPSA) is 70.6 Å². The summed E-state index contributed by atoms with van der Waals surface area (Å²) in [5, 5.41) is 6.81. The Kier molecular flexibility index (Phi) is 7.15. The number of rotatable bonds is 7. The smallest absolute Gasteiger partial charge is 0.244 e. The molecule has 0 aliphatic rings. The molecule has 0 saturated heterocycles. The van der Waals surface area contributed by atoms with Crippen molar-refractivity contribution < 1.29 is 9.59 Å². The van der Waals surface area contributed by atoms with Crippen LogP contribution in [0.1, 0.15) is 39.2 Å². The first kappa shape index (κ1) is 16.9. The zero-order valence-corrected chi connectivity index (χ0v) is 12.8. The van der Waals surface area contributed by atoms with E-state index in [1.165, 1.54) is 0 Å².